The van der Waals surface area contributed by atoms with E-state index in [0.717, 1.165) is 13.1 Å². The zero-order valence-corrected chi connectivity index (χ0v) is 10.5. The van der Waals surface area contributed by atoms with Crippen molar-refractivity contribution in [3.63, 3.8) is 0 Å². The molecule has 1 heterocycles. The highest BCUT2D eigenvalue weighted by Gasteiger charge is 2.22. The van der Waals surface area contributed by atoms with Crippen molar-refractivity contribution < 1.29 is 4.92 Å². The maximum absolute atomic E-state index is 10.8. The number of hydrogen-bond donors (Lipinski definition) is 1. The Morgan fingerprint density at radius 1 is 1.56 bits per heavy atom. The van der Waals surface area contributed by atoms with Gasteiger partial charge in [-0.3, -0.25) is 10.1 Å². The second-order valence-corrected chi connectivity index (χ2v) is 4.70. The van der Waals surface area contributed by atoms with E-state index < -0.39 is 4.92 Å². The van der Waals surface area contributed by atoms with Crippen LogP contribution in [0.2, 0.25) is 0 Å². The van der Waals surface area contributed by atoms with Crippen LogP contribution in [0.15, 0.2) is 12.1 Å². The van der Waals surface area contributed by atoms with Gasteiger partial charge in [0.1, 0.15) is 11.6 Å². The molecule has 0 atom stereocenters. The molecule has 0 spiro atoms. The zero-order chi connectivity index (χ0) is 13.1. The van der Waals surface area contributed by atoms with Gasteiger partial charge in [-0.05, 0) is 25.7 Å². The third-order valence-electron chi connectivity index (χ3n) is 3.44. The van der Waals surface area contributed by atoms with Gasteiger partial charge >= 0.3 is 0 Å². The highest BCUT2D eigenvalue weighted by Crippen LogP contribution is 2.29. The predicted molar refractivity (Wildman–Crippen MR) is 70.5 cm³/mol. The molecule has 98 valence electrons. The second kappa shape index (κ2) is 5.20. The molecular weight excluding hydrogens is 232 g/mol. The molecule has 0 aliphatic heterocycles. The SMILES string of the molecule is CCN(CC1CCC1)c1cc([N+](=O)[O-])cc(N)n1. The summed E-state index contributed by atoms with van der Waals surface area (Å²) in [6.07, 6.45) is 3.76. The lowest BCUT2D eigenvalue weighted by atomic mass is 9.85. The average Bonchev–Trinajstić information content (AvgIpc) is 2.27. The monoisotopic (exact) mass is 250 g/mol. The smallest absolute Gasteiger partial charge is 0.276 e. The van der Waals surface area contributed by atoms with E-state index in [0.29, 0.717) is 11.7 Å². The maximum Gasteiger partial charge on any atom is 0.276 e. The molecule has 1 aliphatic carbocycles. The lowest BCUT2D eigenvalue weighted by Crippen LogP contribution is -2.33. The lowest BCUT2D eigenvalue weighted by Gasteiger charge is -2.32. The molecule has 18 heavy (non-hydrogen) atoms. The Morgan fingerprint density at radius 3 is 2.78 bits per heavy atom. The number of nitro groups is 1. The molecular formula is C12H18N4O2. The Morgan fingerprint density at radius 2 is 2.28 bits per heavy atom. The van der Waals surface area contributed by atoms with Crippen LogP contribution >= 0.6 is 0 Å². The Labute approximate surface area is 106 Å². The summed E-state index contributed by atoms with van der Waals surface area (Å²) in [5.74, 6) is 1.49. The summed E-state index contributed by atoms with van der Waals surface area (Å²) in [6, 6.07) is 2.79. The molecule has 1 saturated carbocycles. The number of hydrogen-bond acceptors (Lipinski definition) is 5. The van der Waals surface area contributed by atoms with Crippen molar-refractivity contribution in [1.29, 1.82) is 0 Å². The van der Waals surface area contributed by atoms with E-state index in [1.165, 1.54) is 31.4 Å². The van der Waals surface area contributed by atoms with Crippen LogP contribution in [0, 0.1) is 16.0 Å². The molecule has 0 amide bonds. The first-order valence-corrected chi connectivity index (χ1v) is 6.27. The summed E-state index contributed by atoms with van der Waals surface area (Å²) in [6.45, 7) is 3.71. The van der Waals surface area contributed by atoms with Crippen molar-refractivity contribution >= 4 is 17.3 Å². The maximum atomic E-state index is 10.8. The first-order valence-electron chi connectivity index (χ1n) is 6.27. The van der Waals surface area contributed by atoms with Crippen LogP contribution in [0.5, 0.6) is 0 Å². The molecule has 0 unspecified atom stereocenters. The number of nitrogen functional groups attached to an aromatic ring is 1. The van der Waals surface area contributed by atoms with E-state index in [1.54, 1.807) is 0 Å². The highest BCUT2D eigenvalue weighted by molar-refractivity contribution is 5.54. The van der Waals surface area contributed by atoms with Crippen molar-refractivity contribution in [3.8, 4) is 0 Å². The molecule has 0 radical (unpaired) electrons. The Kier molecular flexibility index (Phi) is 3.64. The normalized spacial score (nSPS) is 15.2. The van der Waals surface area contributed by atoms with Gasteiger partial charge in [0.2, 0.25) is 0 Å². The average molecular weight is 250 g/mol. The van der Waals surface area contributed by atoms with Gasteiger partial charge in [-0.2, -0.15) is 0 Å². The molecule has 6 nitrogen and oxygen atoms in total. The Hall–Kier alpha value is -1.85. The largest absolute Gasteiger partial charge is 0.383 e. The summed E-state index contributed by atoms with van der Waals surface area (Å²) >= 11 is 0. The van der Waals surface area contributed by atoms with Gasteiger partial charge in [0.05, 0.1) is 17.1 Å². The number of anilines is 2. The first kappa shape index (κ1) is 12.6. The van der Waals surface area contributed by atoms with Crippen LogP contribution in [-0.4, -0.2) is 23.0 Å². The molecule has 1 aromatic rings. The topological polar surface area (TPSA) is 85.3 Å². The predicted octanol–water partition coefficient (Wildman–Crippen LogP) is 2.20. The number of aromatic nitrogens is 1. The summed E-state index contributed by atoms with van der Waals surface area (Å²) in [5, 5.41) is 10.8. The molecule has 0 bridgehead atoms. The molecule has 2 rings (SSSR count). The molecule has 0 aromatic carbocycles. The van der Waals surface area contributed by atoms with E-state index in [1.807, 2.05) is 6.92 Å². The fourth-order valence-corrected chi connectivity index (χ4v) is 2.16. The number of rotatable bonds is 5. The standard InChI is InChI=1S/C12H18N4O2/c1-2-15(8-9-4-3-5-9)12-7-10(16(17)18)6-11(13)14-12/h6-7,9H,2-5,8H2,1H3,(H2,13,14). The molecule has 1 aliphatic rings. The summed E-state index contributed by atoms with van der Waals surface area (Å²) in [7, 11) is 0. The minimum atomic E-state index is -0.432. The molecule has 2 N–H and O–H groups in total. The summed E-state index contributed by atoms with van der Waals surface area (Å²) in [4.78, 5) is 16.6. The van der Waals surface area contributed by atoms with Crippen molar-refractivity contribution in [2.75, 3.05) is 23.7 Å². The minimum Gasteiger partial charge on any atom is -0.383 e. The zero-order valence-electron chi connectivity index (χ0n) is 10.5. The summed E-state index contributed by atoms with van der Waals surface area (Å²) in [5.41, 5.74) is 5.63. The minimum absolute atomic E-state index is 0.00422. The van der Waals surface area contributed by atoms with Crippen LogP contribution in [0.3, 0.4) is 0 Å². The van der Waals surface area contributed by atoms with Gasteiger partial charge in [-0.1, -0.05) is 6.42 Å². The Balaban J connectivity index is 2.20. The number of pyridine rings is 1. The van der Waals surface area contributed by atoms with Gasteiger partial charge in [0.25, 0.3) is 5.69 Å². The molecule has 6 heteroatoms. The fourth-order valence-electron chi connectivity index (χ4n) is 2.16. The van der Waals surface area contributed by atoms with Crippen LogP contribution in [0.4, 0.5) is 17.3 Å². The summed E-state index contributed by atoms with van der Waals surface area (Å²) < 4.78 is 0. The Bertz CT molecular complexity index is 446. The van der Waals surface area contributed by atoms with Gasteiger partial charge in [0.15, 0.2) is 0 Å². The first-order chi connectivity index (χ1) is 8.60. The van der Waals surface area contributed by atoms with Crippen LogP contribution in [0.1, 0.15) is 26.2 Å². The van der Waals surface area contributed by atoms with Gasteiger partial charge in [-0.25, -0.2) is 4.98 Å². The van der Waals surface area contributed by atoms with E-state index in [2.05, 4.69) is 9.88 Å². The third kappa shape index (κ3) is 2.69. The number of nitrogens with zero attached hydrogens (tertiary/aromatic N) is 3. The fraction of sp³-hybridized carbons (Fsp3) is 0.583. The van der Waals surface area contributed by atoms with E-state index in [4.69, 9.17) is 5.73 Å². The van der Waals surface area contributed by atoms with Crippen molar-refractivity contribution in [2.45, 2.75) is 26.2 Å². The van der Waals surface area contributed by atoms with Crippen LogP contribution in [0.25, 0.3) is 0 Å². The van der Waals surface area contributed by atoms with E-state index in [9.17, 15) is 10.1 Å². The van der Waals surface area contributed by atoms with E-state index in [-0.39, 0.29) is 11.5 Å². The van der Waals surface area contributed by atoms with Gasteiger partial charge in [0, 0.05) is 13.1 Å². The van der Waals surface area contributed by atoms with Crippen molar-refractivity contribution in [3.05, 3.63) is 22.2 Å². The van der Waals surface area contributed by atoms with Crippen LogP contribution < -0.4 is 10.6 Å². The van der Waals surface area contributed by atoms with Crippen molar-refractivity contribution in [1.82, 2.24) is 4.98 Å². The van der Waals surface area contributed by atoms with Crippen LogP contribution in [-0.2, 0) is 0 Å². The van der Waals surface area contributed by atoms with Gasteiger partial charge in [-0.15, -0.1) is 0 Å². The second-order valence-electron chi connectivity index (χ2n) is 4.70. The highest BCUT2D eigenvalue weighted by atomic mass is 16.6. The molecule has 0 saturated heterocycles. The third-order valence-corrected chi connectivity index (χ3v) is 3.44. The molecule has 1 aromatic heterocycles. The lowest BCUT2D eigenvalue weighted by molar-refractivity contribution is -0.384. The number of nitrogens with two attached hydrogens (primary N) is 1. The van der Waals surface area contributed by atoms with Crippen molar-refractivity contribution in [2.24, 2.45) is 5.92 Å². The molecule has 1 fully saturated rings. The van der Waals surface area contributed by atoms with Gasteiger partial charge < -0.3 is 10.6 Å². The van der Waals surface area contributed by atoms with E-state index >= 15 is 0 Å². The quantitative estimate of drug-likeness (QED) is 0.639.